The summed E-state index contributed by atoms with van der Waals surface area (Å²) in [7, 11) is 0. The number of thiazole rings is 1. The van der Waals surface area contributed by atoms with Gasteiger partial charge in [0.15, 0.2) is 5.69 Å². The van der Waals surface area contributed by atoms with Crippen LogP contribution in [0.3, 0.4) is 0 Å². The molecule has 1 amide bonds. The number of carbonyl (C=O) groups excluding carboxylic acids is 1. The summed E-state index contributed by atoms with van der Waals surface area (Å²) in [6.45, 7) is 4.89. The van der Waals surface area contributed by atoms with Gasteiger partial charge in [0.1, 0.15) is 0 Å². The Kier molecular flexibility index (Phi) is 4.57. The highest BCUT2D eigenvalue weighted by Crippen LogP contribution is 2.26. The normalized spacial score (nSPS) is 17.3. The number of rotatable bonds is 5. The number of hydrogen-bond donors (Lipinski definition) is 2. The van der Waals surface area contributed by atoms with Crippen molar-refractivity contribution in [1.29, 1.82) is 0 Å². The molecule has 0 saturated carbocycles. The third kappa shape index (κ3) is 3.38. The summed E-state index contributed by atoms with van der Waals surface area (Å²) < 4.78 is 0. The van der Waals surface area contributed by atoms with Gasteiger partial charge in [-0.15, -0.1) is 11.3 Å². The van der Waals surface area contributed by atoms with Crippen LogP contribution in [0.15, 0.2) is 5.38 Å². The number of hydrogen-bond acceptors (Lipinski definition) is 4. The lowest BCUT2D eigenvalue weighted by atomic mass is 9.87. The fourth-order valence-corrected chi connectivity index (χ4v) is 3.72. The Morgan fingerprint density at radius 3 is 3.18 bits per heavy atom. The number of aryl methyl sites for hydroxylation is 3. The highest BCUT2D eigenvalue weighted by molar-refractivity contribution is 7.09. The van der Waals surface area contributed by atoms with Crippen LogP contribution in [0.2, 0.25) is 0 Å². The summed E-state index contributed by atoms with van der Waals surface area (Å²) in [4.78, 5) is 16.7. The van der Waals surface area contributed by atoms with Crippen LogP contribution in [0, 0.1) is 12.8 Å². The predicted octanol–water partition coefficient (Wildman–Crippen LogP) is 2.66. The number of nitrogens with zero attached hydrogens (tertiary/aromatic N) is 2. The molecule has 118 valence electrons. The summed E-state index contributed by atoms with van der Waals surface area (Å²) in [6, 6.07) is 0. The van der Waals surface area contributed by atoms with Crippen molar-refractivity contribution in [2.24, 2.45) is 5.92 Å². The molecule has 0 fully saturated rings. The van der Waals surface area contributed by atoms with E-state index >= 15 is 0 Å². The largest absolute Gasteiger partial charge is 0.351 e. The van der Waals surface area contributed by atoms with Gasteiger partial charge in [-0.25, -0.2) is 4.98 Å². The number of H-pyrrole nitrogens is 1. The molecule has 0 saturated heterocycles. The van der Waals surface area contributed by atoms with Crippen LogP contribution in [-0.4, -0.2) is 27.6 Å². The number of carbonyl (C=O) groups is 1. The second-order valence-electron chi connectivity index (χ2n) is 6.12. The van der Waals surface area contributed by atoms with Gasteiger partial charge in [-0.3, -0.25) is 9.89 Å². The number of nitrogens with one attached hydrogen (secondary N) is 2. The van der Waals surface area contributed by atoms with Gasteiger partial charge in [-0.2, -0.15) is 5.10 Å². The maximum absolute atomic E-state index is 12.3. The van der Waals surface area contributed by atoms with Gasteiger partial charge in [0.2, 0.25) is 0 Å². The molecule has 1 aliphatic rings. The molecule has 2 aromatic rings. The Hall–Kier alpha value is -1.69. The van der Waals surface area contributed by atoms with Crippen molar-refractivity contribution >= 4 is 17.2 Å². The fourth-order valence-electron chi connectivity index (χ4n) is 2.90. The van der Waals surface area contributed by atoms with Gasteiger partial charge < -0.3 is 5.32 Å². The molecule has 0 bridgehead atoms. The van der Waals surface area contributed by atoms with E-state index in [2.05, 4.69) is 32.8 Å². The Morgan fingerprint density at radius 1 is 1.55 bits per heavy atom. The van der Waals surface area contributed by atoms with Crippen LogP contribution in [0.5, 0.6) is 0 Å². The van der Waals surface area contributed by atoms with E-state index in [1.807, 2.05) is 6.92 Å². The average Bonchev–Trinajstić information content (AvgIpc) is 3.09. The quantitative estimate of drug-likeness (QED) is 0.833. The zero-order valence-corrected chi connectivity index (χ0v) is 13.9. The molecule has 0 aromatic carbocycles. The summed E-state index contributed by atoms with van der Waals surface area (Å²) in [6.07, 6.45) is 4.94. The highest BCUT2D eigenvalue weighted by Gasteiger charge is 2.24. The first-order valence-corrected chi connectivity index (χ1v) is 8.76. The Bertz CT molecular complexity index is 661. The van der Waals surface area contributed by atoms with E-state index in [-0.39, 0.29) is 5.91 Å². The molecule has 6 heteroatoms. The van der Waals surface area contributed by atoms with E-state index in [1.165, 1.54) is 6.42 Å². The highest BCUT2D eigenvalue weighted by atomic mass is 32.1. The second kappa shape index (κ2) is 6.60. The molecule has 2 N–H and O–H groups in total. The number of aromatic nitrogens is 3. The molecule has 3 rings (SSSR count). The first kappa shape index (κ1) is 15.2. The van der Waals surface area contributed by atoms with E-state index in [1.54, 1.807) is 11.3 Å². The molecular weight excluding hydrogens is 296 g/mol. The summed E-state index contributed by atoms with van der Waals surface area (Å²) >= 11 is 1.68. The number of aromatic amines is 1. The van der Waals surface area contributed by atoms with Crippen molar-refractivity contribution in [2.45, 2.75) is 46.0 Å². The van der Waals surface area contributed by atoms with Crippen molar-refractivity contribution in [3.63, 3.8) is 0 Å². The minimum absolute atomic E-state index is 0.0538. The van der Waals surface area contributed by atoms with Crippen LogP contribution in [0.1, 0.15) is 52.2 Å². The van der Waals surface area contributed by atoms with Crippen molar-refractivity contribution in [3.8, 4) is 0 Å². The van der Waals surface area contributed by atoms with E-state index in [0.717, 1.165) is 47.6 Å². The van der Waals surface area contributed by atoms with Crippen LogP contribution in [0.25, 0.3) is 0 Å². The van der Waals surface area contributed by atoms with E-state index < -0.39 is 0 Å². The predicted molar refractivity (Wildman–Crippen MR) is 87.3 cm³/mol. The molecule has 22 heavy (non-hydrogen) atoms. The van der Waals surface area contributed by atoms with Crippen LogP contribution >= 0.6 is 11.3 Å². The van der Waals surface area contributed by atoms with Gasteiger partial charge in [-0.05, 0) is 38.5 Å². The van der Waals surface area contributed by atoms with Crippen molar-refractivity contribution in [1.82, 2.24) is 20.5 Å². The topological polar surface area (TPSA) is 70.7 Å². The third-order valence-electron chi connectivity index (χ3n) is 4.13. The van der Waals surface area contributed by atoms with Crippen LogP contribution in [-0.2, 0) is 19.3 Å². The third-order valence-corrected chi connectivity index (χ3v) is 5.15. The standard InChI is InChI=1S/C16H22N4OS/c1-10-5-6-13-12(8-10)15(20-19-13)16(21)17-7-3-4-14-18-11(2)9-22-14/h9-10H,3-8H2,1-2H3,(H,17,21)(H,19,20)/t10-/m0/s1. The molecule has 0 spiro atoms. The lowest BCUT2D eigenvalue weighted by Crippen LogP contribution is -2.27. The average molecular weight is 318 g/mol. The maximum Gasteiger partial charge on any atom is 0.272 e. The SMILES string of the molecule is Cc1csc(CCCNC(=O)c2n[nH]c3c2C[C@@H](C)CC3)n1. The van der Waals surface area contributed by atoms with Crippen molar-refractivity contribution in [3.05, 3.63) is 33.0 Å². The Morgan fingerprint density at radius 2 is 2.41 bits per heavy atom. The molecule has 5 nitrogen and oxygen atoms in total. The lowest BCUT2D eigenvalue weighted by Gasteiger charge is -2.17. The molecule has 1 aliphatic carbocycles. The van der Waals surface area contributed by atoms with Crippen molar-refractivity contribution in [2.75, 3.05) is 6.54 Å². The van der Waals surface area contributed by atoms with E-state index in [9.17, 15) is 4.79 Å². The smallest absolute Gasteiger partial charge is 0.272 e. The zero-order valence-electron chi connectivity index (χ0n) is 13.1. The number of fused-ring (bicyclic) bond motifs is 1. The Balaban J connectivity index is 1.51. The van der Waals surface area contributed by atoms with Gasteiger partial charge in [0, 0.05) is 35.3 Å². The van der Waals surface area contributed by atoms with Gasteiger partial charge in [0.25, 0.3) is 5.91 Å². The Labute approximate surface area is 134 Å². The summed E-state index contributed by atoms with van der Waals surface area (Å²) in [5.41, 5.74) is 3.92. The first-order valence-electron chi connectivity index (χ1n) is 7.89. The number of amides is 1. The van der Waals surface area contributed by atoms with Gasteiger partial charge in [-0.1, -0.05) is 6.92 Å². The van der Waals surface area contributed by atoms with Gasteiger partial charge >= 0.3 is 0 Å². The molecule has 1 atom stereocenters. The van der Waals surface area contributed by atoms with Crippen LogP contribution < -0.4 is 5.32 Å². The van der Waals surface area contributed by atoms with E-state index in [4.69, 9.17) is 0 Å². The van der Waals surface area contributed by atoms with E-state index in [0.29, 0.717) is 18.2 Å². The minimum Gasteiger partial charge on any atom is -0.351 e. The molecule has 2 heterocycles. The molecule has 0 aliphatic heterocycles. The monoisotopic (exact) mass is 318 g/mol. The molecule has 2 aromatic heterocycles. The van der Waals surface area contributed by atoms with Crippen molar-refractivity contribution < 1.29 is 4.79 Å². The minimum atomic E-state index is -0.0538. The first-order chi connectivity index (χ1) is 10.6. The molecule has 0 radical (unpaired) electrons. The lowest BCUT2D eigenvalue weighted by molar-refractivity contribution is 0.0947. The fraction of sp³-hybridized carbons (Fsp3) is 0.562. The molecule has 0 unspecified atom stereocenters. The second-order valence-corrected chi connectivity index (χ2v) is 7.06. The molecular formula is C16H22N4OS. The zero-order chi connectivity index (χ0) is 15.5. The summed E-state index contributed by atoms with van der Waals surface area (Å²) in [5, 5.41) is 13.4. The van der Waals surface area contributed by atoms with Crippen LogP contribution in [0.4, 0.5) is 0 Å². The maximum atomic E-state index is 12.3. The summed E-state index contributed by atoms with van der Waals surface area (Å²) in [5.74, 6) is 0.576. The van der Waals surface area contributed by atoms with Gasteiger partial charge in [0.05, 0.1) is 5.01 Å².